The van der Waals surface area contributed by atoms with Crippen molar-refractivity contribution in [3.05, 3.63) is 48.0 Å². The van der Waals surface area contributed by atoms with Crippen LogP contribution in [-0.4, -0.2) is 30.1 Å². The highest BCUT2D eigenvalue weighted by atomic mass is 16.5. The normalized spacial score (nSPS) is 30.2. The summed E-state index contributed by atoms with van der Waals surface area (Å²) in [7, 11) is 1.49. The van der Waals surface area contributed by atoms with Crippen LogP contribution in [0.15, 0.2) is 42.5 Å². The lowest BCUT2D eigenvalue weighted by molar-refractivity contribution is -0.153. The van der Waals surface area contributed by atoms with Crippen molar-refractivity contribution in [3.8, 4) is 0 Å². The lowest BCUT2D eigenvalue weighted by Crippen LogP contribution is -2.57. The van der Waals surface area contributed by atoms with E-state index in [0.29, 0.717) is 12.0 Å². The van der Waals surface area contributed by atoms with E-state index in [-0.39, 0.29) is 18.1 Å². The summed E-state index contributed by atoms with van der Waals surface area (Å²) in [6.07, 6.45) is 6.67. The van der Waals surface area contributed by atoms with Crippen molar-refractivity contribution in [3.63, 3.8) is 0 Å². The van der Waals surface area contributed by atoms with Gasteiger partial charge in [0, 0.05) is 18.0 Å². The van der Waals surface area contributed by atoms with E-state index in [1.54, 1.807) is 0 Å². The average molecular weight is 271 g/mol. The zero-order chi connectivity index (χ0) is 14.1. The van der Waals surface area contributed by atoms with Gasteiger partial charge in [0.1, 0.15) is 6.04 Å². The van der Waals surface area contributed by atoms with Crippen molar-refractivity contribution in [1.29, 1.82) is 0 Å². The molecule has 1 aliphatic carbocycles. The fourth-order valence-electron chi connectivity index (χ4n) is 3.61. The van der Waals surface area contributed by atoms with Gasteiger partial charge in [0.2, 0.25) is 0 Å². The Balaban J connectivity index is 1.93. The summed E-state index contributed by atoms with van der Waals surface area (Å²) in [5, 5.41) is 0. The van der Waals surface area contributed by atoms with Crippen molar-refractivity contribution < 1.29 is 9.53 Å². The molecule has 0 saturated carbocycles. The average Bonchev–Trinajstić information content (AvgIpc) is 2.54. The van der Waals surface area contributed by atoms with E-state index in [9.17, 15) is 4.79 Å². The molecule has 106 valence electrons. The Morgan fingerprint density at radius 1 is 1.25 bits per heavy atom. The maximum atomic E-state index is 12.2. The zero-order valence-electron chi connectivity index (χ0n) is 12.0. The molecular formula is C17H21NO2. The number of carbonyl (C=O) groups is 1. The Morgan fingerprint density at radius 2 is 2.00 bits per heavy atom. The van der Waals surface area contributed by atoms with Gasteiger partial charge in [0.25, 0.3) is 0 Å². The predicted molar refractivity (Wildman–Crippen MR) is 78.2 cm³/mol. The molecule has 1 aromatic carbocycles. The highest BCUT2D eigenvalue weighted by molar-refractivity contribution is 5.77. The fraction of sp³-hybridized carbons (Fsp3) is 0.471. The Labute approximate surface area is 120 Å². The van der Waals surface area contributed by atoms with Crippen LogP contribution in [0.3, 0.4) is 0 Å². The Morgan fingerprint density at radius 3 is 2.60 bits per heavy atom. The number of benzene rings is 1. The van der Waals surface area contributed by atoms with Crippen LogP contribution in [0.1, 0.15) is 31.4 Å². The molecule has 2 bridgehead atoms. The minimum atomic E-state index is -0.140. The molecule has 20 heavy (non-hydrogen) atoms. The molecule has 4 rings (SSSR count). The van der Waals surface area contributed by atoms with E-state index in [1.165, 1.54) is 12.7 Å². The van der Waals surface area contributed by atoms with Crippen LogP contribution < -0.4 is 0 Å². The van der Waals surface area contributed by atoms with Crippen molar-refractivity contribution in [2.45, 2.75) is 37.9 Å². The molecule has 1 fully saturated rings. The molecule has 0 radical (unpaired) electrons. The van der Waals surface area contributed by atoms with Gasteiger partial charge in [-0.25, -0.2) is 0 Å². The van der Waals surface area contributed by atoms with Gasteiger partial charge in [0.05, 0.1) is 7.11 Å². The molecule has 4 atom stereocenters. The Hall–Kier alpha value is -1.61. The van der Waals surface area contributed by atoms with Crippen LogP contribution in [0.4, 0.5) is 0 Å². The van der Waals surface area contributed by atoms with Crippen molar-refractivity contribution in [2.75, 3.05) is 7.11 Å². The smallest absolute Gasteiger partial charge is 0.323 e. The number of fused-ring (bicyclic) bond motifs is 2. The van der Waals surface area contributed by atoms with Crippen LogP contribution in [-0.2, 0) is 9.53 Å². The number of rotatable bonds is 3. The number of hydrogen-bond acceptors (Lipinski definition) is 3. The van der Waals surface area contributed by atoms with Crippen molar-refractivity contribution in [1.82, 2.24) is 4.90 Å². The van der Waals surface area contributed by atoms with Gasteiger partial charge in [-0.3, -0.25) is 9.69 Å². The molecule has 3 aliphatic rings. The summed E-state index contributed by atoms with van der Waals surface area (Å²) >= 11 is 0. The highest BCUT2D eigenvalue weighted by Gasteiger charge is 2.45. The van der Waals surface area contributed by atoms with Gasteiger partial charge < -0.3 is 4.74 Å². The Bertz CT molecular complexity index is 511. The molecule has 2 heterocycles. The van der Waals surface area contributed by atoms with Crippen LogP contribution in [0, 0.1) is 5.92 Å². The minimum Gasteiger partial charge on any atom is -0.468 e. The standard InChI is InChI=1S/C17H21NO2/c1-12(13-6-4-3-5-7-13)18-15-10-8-14(9-11-15)16(18)17(19)20-2/h3-8,10,12,14-16H,9,11H2,1-2H3/t12-,14?,15?,16?/m1/s1. The number of ether oxygens (including phenoxy) is 1. The first-order chi connectivity index (χ1) is 9.72. The molecular weight excluding hydrogens is 250 g/mol. The monoisotopic (exact) mass is 271 g/mol. The number of carbonyl (C=O) groups excluding carboxylic acids is 1. The van der Waals surface area contributed by atoms with E-state index in [2.05, 4.69) is 48.2 Å². The Kier molecular flexibility index (Phi) is 3.62. The molecule has 0 spiro atoms. The summed E-state index contributed by atoms with van der Waals surface area (Å²) < 4.78 is 5.04. The number of piperidine rings is 1. The minimum absolute atomic E-state index is 0.105. The highest BCUT2D eigenvalue weighted by Crippen LogP contribution is 2.40. The van der Waals surface area contributed by atoms with Gasteiger partial charge >= 0.3 is 5.97 Å². The van der Waals surface area contributed by atoms with Gasteiger partial charge in [-0.1, -0.05) is 42.5 Å². The van der Waals surface area contributed by atoms with Gasteiger partial charge in [0.15, 0.2) is 0 Å². The van der Waals surface area contributed by atoms with Crippen LogP contribution >= 0.6 is 0 Å². The van der Waals surface area contributed by atoms with Crippen LogP contribution in [0.5, 0.6) is 0 Å². The fourth-order valence-corrected chi connectivity index (χ4v) is 3.61. The van der Waals surface area contributed by atoms with Crippen molar-refractivity contribution >= 4 is 5.97 Å². The maximum Gasteiger partial charge on any atom is 0.323 e. The predicted octanol–water partition coefficient (Wildman–Crippen LogP) is 2.94. The first kappa shape index (κ1) is 13.4. The molecule has 3 unspecified atom stereocenters. The van der Waals surface area contributed by atoms with Crippen LogP contribution in [0.2, 0.25) is 0 Å². The first-order valence-electron chi connectivity index (χ1n) is 7.31. The van der Waals surface area contributed by atoms with E-state index < -0.39 is 0 Å². The van der Waals surface area contributed by atoms with E-state index in [0.717, 1.165) is 12.8 Å². The molecule has 3 heteroatoms. The van der Waals surface area contributed by atoms with Gasteiger partial charge in [-0.2, -0.15) is 0 Å². The van der Waals surface area contributed by atoms with E-state index in [4.69, 9.17) is 4.74 Å². The van der Waals surface area contributed by atoms with E-state index in [1.807, 2.05) is 6.07 Å². The SMILES string of the molecule is COC(=O)C1C2C=CC(CC2)N1[C@H](C)c1ccccc1. The van der Waals surface area contributed by atoms with Gasteiger partial charge in [-0.15, -0.1) is 0 Å². The van der Waals surface area contributed by atoms with Crippen molar-refractivity contribution in [2.24, 2.45) is 5.92 Å². The molecule has 3 nitrogen and oxygen atoms in total. The largest absolute Gasteiger partial charge is 0.468 e. The number of hydrogen-bond donors (Lipinski definition) is 0. The third kappa shape index (κ3) is 2.16. The zero-order valence-corrected chi connectivity index (χ0v) is 12.0. The summed E-state index contributed by atoms with van der Waals surface area (Å²) in [5.74, 6) is 0.186. The molecule has 2 aliphatic heterocycles. The summed E-state index contributed by atoms with van der Waals surface area (Å²) in [6, 6.07) is 10.8. The molecule has 0 aromatic heterocycles. The van der Waals surface area contributed by atoms with E-state index >= 15 is 0 Å². The third-order valence-corrected chi connectivity index (χ3v) is 4.66. The van der Waals surface area contributed by atoms with Crippen LogP contribution in [0.25, 0.3) is 0 Å². The number of nitrogens with zero attached hydrogens (tertiary/aromatic N) is 1. The third-order valence-electron chi connectivity index (χ3n) is 4.66. The summed E-state index contributed by atoms with van der Waals surface area (Å²) in [4.78, 5) is 14.5. The summed E-state index contributed by atoms with van der Waals surface area (Å²) in [6.45, 7) is 2.18. The lowest BCUT2D eigenvalue weighted by atomic mass is 9.78. The first-order valence-corrected chi connectivity index (χ1v) is 7.31. The topological polar surface area (TPSA) is 29.5 Å². The quantitative estimate of drug-likeness (QED) is 0.625. The summed E-state index contributed by atoms with van der Waals surface area (Å²) in [5.41, 5.74) is 1.25. The molecule has 0 amide bonds. The lowest BCUT2D eigenvalue weighted by Gasteiger charge is -2.49. The van der Waals surface area contributed by atoms with Gasteiger partial charge in [-0.05, 0) is 25.3 Å². The maximum absolute atomic E-state index is 12.2. The molecule has 1 aromatic rings. The second kappa shape index (κ2) is 5.41. The number of esters is 1. The number of methoxy groups -OCH3 is 1. The molecule has 1 saturated heterocycles. The second-order valence-electron chi connectivity index (χ2n) is 5.70. The second-order valence-corrected chi connectivity index (χ2v) is 5.70. The molecule has 0 N–H and O–H groups in total.